The van der Waals surface area contributed by atoms with Crippen LogP contribution in [0.5, 0.6) is 0 Å². The van der Waals surface area contributed by atoms with E-state index >= 15 is 0 Å². The van der Waals surface area contributed by atoms with Gasteiger partial charge in [0.25, 0.3) is 5.91 Å². The van der Waals surface area contributed by atoms with Crippen molar-refractivity contribution in [3.8, 4) is 0 Å². The zero-order valence-corrected chi connectivity index (χ0v) is 17.5. The first-order valence-electron chi connectivity index (χ1n) is 9.47. The Morgan fingerprint density at radius 1 is 0.967 bits per heavy atom. The van der Waals surface area contributed by atoms with Crippen LogP contribution in [-0.4, -0.2) is 38.9 Å². The maximum atomic E-state index is 12.4. The van der Waals surface area contributed by atoms with Crippen molar-refractivity contribution >= 4 is 44.9 Å². The van der Waals surface area contributed by atoms with Gasteiger partial charge in [0, 0.05) is 30.9 Å². The van der Waals surface area contributed by atoms with Gasteiger partial charge in [-0.2, -0.15) is 0 Å². The van der Waals surface area contributed by atoms with Crippen molar-refractivity contribution in [2.24, 2.45) is 0 Å². The number of benzene rings is 1. The molecule has 0 unspecified atom stereocenters. The number of aryl methyl sites for hydroxylation is 2. The Bertz CT molecular complexity index is 1190. The number of aromatic nitrogens is 4. The van der Waals surface area contributed by atoms with E-state index < -0.39 is 0 Å². The Morgan fingerprint density at radius 3 is 2.70 bits per heavy atom. The zero-order chi connectivity index (χ0) is 20.9. The summed E-state index contributed by atoms with van der Waals surface area (Å²) in [4.78, 5) is 29.7. The molecule has 0 aliphatic rings. The second-order valence-electron chi connectivity index (χ2n) is 6.75. The number of hydrogen-bond acceptors (Lipinski definition) is 8. The van der Waals surface area contributed by atoms with Gasteiger partial charge < -0.3 is 16.0 Å². The molecule has 0 atom stereocenters. The molecule has 0 aliphatic heterocycles. The number of fused-ring (bicyclic) bond motifs is 1. The largest absolute Gasteiger partial charge is 0.368 e. The first-order valence-corrected chi connectivity index (χ1v) is 10.4. The Kier molecular flexibility index (Phi) is 5.80. The molecule has 4 rings (SSSR count). The molecule has 3 N–H and O–H groups in total. The topological polar surface area (TPSA) is 105 Å². The van der Waals surface area contributed by atoms with Crippen LogP contribution in [0.1, 0.15) is 21.7 Å². The number of rotatable bonds is 7. The number of nitrogens with zero attached hydrogens (tertiary/aromatic N) is 4. The summed E-state index contributed by atoms with van der Waals surface area (Å²) in [5.41, 5.74) is 4.42. The number of nitrogens with one attached hydrogen (secondary N) is 3. The number of carbonyl (C=O) groups is 1. The van der Waals surface area contributed by atoms with Crippen LogP contribution in [0.15, 0.2) is 48.1 Å². The van der Waals surface area contributed by atoms with Gasteiger partial charge in [0.15, 0.2) is 0 Å². The molecular weight excluding hydrogens is 398 g/mol. The number of amides is 1. The van der Waals surface area contributed by atoms with Gasteiger partial charge in [-0.1, -0.05) is 0 Å². The van der Waals surface area contributed by atoms with Crippen LogP contribution in [-0.2, 0) is 0 Å². The highest BCUT2D eigenvalue weighted by atomic mass is 32.1. The second-order valence-corrected chi connectivity index (χ2v) is 7.63. The first kappa shape index (κ1) is 19.7. The quantitative estimate of drug-likeness (QED) is 0.392. The SMILES string of the molecule is Cc1ccnc(Nc2cc(NCCNC(=O)c3ccc4ncsc4c3)nc(C)n2)c1. The van der Waals surface area contributed by atoms with Gasteiger partial charge in [-0.3, -0.25) is 4.79 Å². The predicted octanol–water partition coefficient (Wildman–Crippen LogP) is 3.68. The number of hydrogen-bond donors (Lipinski definition) is 3. The number of thiazole rings is 1. The molecule has 152 valence electrons. The molecular formula is C21H21N7OS. The van der Waals surface area contributed by atoms with Crippen LogP contribution in [0.25, 0.3) is 10.2 Å². The van der Waals surface area contributed by atoms with E-state index in [9.17, 15) is 4.79 Å². The lowest BCUT2D eigenvalue weighted by Crippen LogP contribution is -2.28. The molecule has 0 fully saturated rings. The van der Waals surface area contributed by atoms with E-state index in [4.69, 9.17) is 0 Å². The van der Waals surface area contributed by atoms with Crippen molar-refractivity contribution in [1.82, 2.24) is 25.3 Å². The van der Waals surface area contributed by atoms with Gasteiger partial charge in [-0.25, -0.2) is 19.9 Å². The van der Waals surface area contributed by atoms with E-state index in [1.54, 1.807) is 17.8 Å². The van der Waals surface area contributed by atoms with Gasteiger partial charge in [0.05, 0.1) is 15.7 Å². The van der Waals surface area contributed by atoms with Crippen LogP contribution >= 0.6 is 11.3 Å². The molecule has 3 heterocycles. The maximum Gasteiger partial charge on any atom is 0.251 e. The summed E-state index contributed by atoms with van der Waals surface area (Å²) in [6, 6.07) is 11.2. The summed E-state index contributed by atoms with van der Waals surface area (Å²) in [7, 11) is 0. The molecule has 1 amide bonds. The molecule has 0 aliphatic carbocycles. The van der Waals surface area contributed by atoms with Crippen molar-refractivity contribution in [2.75, 3.05) is 23.7 Å². The molecule has 4 aromatic rings. The van der Waals surface area contributed by atoms with Gasteiger partial charge in [-0.05, 0) is 49.7 Å². The van der Waals surface area contributed by atoms with E-state index in [1.807, 2.05) is 44.2 Å². The standard InChI is InChI=1S/C21H21N7OS/c1-13-5-6-22-18(9-13)28-20-11-19(26-14(2)27-20)23-7-8-24-21(29)15-3-4-16-17(10-15)30-12-25-16/h3-6,9-12H,7-8H2,1-2H3,(H,24,29)(H2,22,23,26,27,28). The maximum absolute atomic E-state index is 12.4. The minimum Gasteiger partial charge on any atom is -0.368 e. The van der Waals surface area contributed by atoms with Crippen molar-refractivity contribution < 1.29 is 4.79 Å². The van der Waals surface area contributed by atoms with Gasteiger partial charge in [0.1, 0.15) is 23.3 Å². The van der Waals surface area contributed by atoms with E-state index in [-0.39, 0.29) is 5.91 Å². The highest BCUT2D eigenvalue weighted by Crippen LogP contribution is 2.19. The number of pyridine rings is 1. The third kappa shape index (κ3) is 4.87. The van der Waals surface area contributed by atoms with Crippen molar-refractivity contribution in [3.05, 3.63) is 65.1 Å². The lowest BCUT2D eigenvalue weighted by Gasteiger charge is -2.11. The molecule has 0 saturated carbocycles. The van der Waals surface area contributed by atoms with Crippen molar-refractivity contribution in [1.29, 1.82) is 0 Å². The summed E-state index contributed by atoms with van der Waals surface area (Å²) in [6.45, 7) is 4.84. The van der Waals surface area contributed by atoms with Crippen LogP contribution in [0, 0.1) is 13.8 Å². The van der Waals surface area contributed by atoms with E-state index in [1.165, 1.54) is 11.3 Å². The Labute approximate surface area is 177 Å². The second kappa shape index (κ2) is 8.83. The van der Waals surface area contributed by atoms with Gasteiger partial charge >= 0.3 is 0 Å². The molecule has 0 spiro atoms. The summed E-state index contributed by atoms with van der Waals surface area (Å²) < 4.78 is 1.00. The molecule has 0 saturated heterocycles. The fourth-order valence-corrected chi connectivity index (χ4v) is 3.64. The molecule has 0 bridgehead atoms. The fourth-order valence-electron chi connectivity index (χ4n) is 2.92. The minimum absolute atomic E-state index is 0.112. The lowest BCUT2D eigenvalue weighted by atomic mass is 10.2. The average Bonchev–Trinajstić information content (AvgIpc) is 3.18. The van der Waals surface area contributed by atoms with Crippen molar-refractivity contribution in [2.45, 2.75) is 13.8 Å². The zero-order valence-electron chi connectivity index (χ0n) is 16.6. The summed E-state index contributed by atoms with van der Waals surface area (Å²) in [6.07, 6.45) is 1.75. The molecule has 30 heavy (non-hydrogen) atoms. The third-order valence-corrected chi connectivity index (χ3v) is 5.11. The predicted molar refractivity (Wildman–Crippen MR) is 119 cm³/mol. The fraction of sp³-hybridized carbons (Fsp3) is 0.190. The van der Waals surface area contributed by atoms with E-state index in [0.717, 1.165) is 21.6 Å². The summed E-state index contributed by atoms with van der Waals surface area (Å²) in [5, 5.41) is 9.33. The normalized spacial score (nSPS) is 10.7. The number of anilines is 3. The first-order chi connectivity index (χ1) is 14.6. The van der Waals surface area contributed by atoms with E-state index in [2.05, 4.69) is 35.9 Å². The monoisotopic (exact) mass is 419 g/mol. The van der Waals surface area contributed by atoms with E-state index in [0.29, 0.717) is 36.1 Å². The minimum atomic E-state index is -0.112. The van der Waals surface area contributed by atoms with Gasteiger partial charge in [-0.15, -0.1) is 11.3 Å². The highest BCUT2D eigenvalue weighted by Gasteiger charge is 2.08. The summed E-state index contributed by atoms with van der Waals surface area (Å²) in [5.74, 6) is 2.59. The van der Waals surface area contributed by atoms with Gasteiger partial charge in [0.2, 0.25) is 0 Å². The Balaban J connectivity index is 1.32. The summed E-state index contributed by atoms with van der Waals surface area (Å²) >= 11 is 1.52. The Morgan fingerprint density at radius 2 is 1.83 bits per heavy atom. The Hall–Kier alpha value is -3.59. The van der Waals surface area contributed by atoms with Crippen LogP contribution in [0.3, 0.4) is 0 Å². The number of carbonyl (C=O) groups excluding carboxylic acids is 1. The van der Waals surface area contributed by atoms with Crippen molar-refractivity contribution in [3.63, 3.8) is 0 Å². The van der Waals surface area contributed by atoms with Crippen LogP contribution in [0.4, 0.5) is 17.5 Å². The lowest BCUT2D eigenvalue weighted by molar-refractivity contribution is 0.0955. The molecule has 0 radical (unpaired) electrons. The smallest absolute Gasteiger partial charge is 0.251 e. The molecule has 8 nitrogen and oxygen atoms in total. The molecule has 1 aromatic carbocycles. The van der Waals surface area contributed by atoms with Crippen LogP contribution in [0.2, 0.25) is 0 Å². The highest BCUT2D eigenvalue weighted by molar-refractivity contribution is 7.16. The third-order valence-electron chi connectivity index (χ3n) is 4.32. The molecule has 9 heteroatoms. The van der Waals surface area contributed by atoms with Crippen LogP contribution < -0.4 is 16.0 Å². The average molecular weight is 420 g/mol. The molecule has 3 aromatic heterocycles.